The predicted molar refractivity (Wildman–Crippen MR) is 67.7 cm³/mol. The van der Waals surface area contributed by atoms with Gasteiger partial charge in [0.1, 0.15) is 5.69 Å². The minimum absolute atomic E-state index is 0.624. The van der Waals surface area contributed by atoms with Gasteiger partial charge in [-0.2, -0.15) is 10.4 Å². The number of aromatic nitrogens is 4. The Balaban J connectivity index is 2.19. The van der Waals surface area contributed by atoms with Crippen molar-refractivity contribution in [2.24, 2.45) is 7.05 Å². The normalized spacial score (nSPS) is 10.7. The summed E-state index contributed by atoms with van der Waals surface area (Å²) in [6.45, 7) is 1.94. The molecular formula is C13H11N5. The fourth-order valence-corrected chi connectivity index (χ4v) is 2.03. The van der Waals surface area contributed by atoms with Gasteiger partial charge in [-0.1, -0.05) is 0 Å². The van der Waals surface area contributed by atoms with Crippen LogP contribution in [0.5, 0.6) is 0 Å². The molecule has 2 heterocycles. The molecule has 2 aromatic heterocycles. The van der Waals surface area contributed by atoms with Crippen molar-refractivity contribution in [1.29, 1.82) is 5.26 Å². The van der Waals surface area contributed by atoms with Gasteiger partial charge < -0.3 is 4.98 Å². The molecule has 5 heteroatoms. The summed E-state index contributed by atoms with van der Waals surface area (Å²) in [7, 11) is 1.89. The molecule has 3 aromatic rings. The molecule has 0 saturated heterocycles. The van der Waals surface area contributed by atoms with Crippen LogP contribution >= 0.6 is 0 Å². The number of hydrogen-bond donors (Lipinski definition) is 1. The highest BCUT2D eigenvalue weighted by Gasteiger charge is 2.10. The van der Waals surface area contributed by atoms with Crippen LogP contribution < -0.4 is 0 Å². The summed E-state index contributed by atoms with van der Waals surface area (Å²) in [6, 6.07) is 9.50. The third-order valence-corrected chi connectivity index (χ3v) is 2.86. The fourth-order valence-electron chi connectivity index (χ4n) is 2.03. The molecule has 0 spiro atoms. The SMILES string of the molecule is Cc1cc(-c2nc3ccc(C#N)cc3[nH]2)n(C)n1. The molecule has 0 atom stereocenters. The van der Waals surface area contributed by atoms with E-state index in [1.807, 2.05) is 26.1 Å². The second-order valence-electron chi connectivity index (χ2n) is 4.22. The fraction of sp³-hybridized carbons (Fsp3) is 0.154. The van der Waals surface area contributed by atoms with Gasteiger partial charge in [0.25, 0.3) is 0 Å². The maximum Gasteiger partial charge on any atom is 0.156 e. The summed E-state index contributed by atoms with van der Waals surface area (Å²) in [6.07, 6.45) is 0. The maximum atomic E-state index is 8.87. The molecule has 0 saturated carbocycles. The summed E-state index contributed by atoms with van der Waals surface area (Å²) >= 11 is 0. The lowest BCUT2D eigenvalue weighted by molar-refractivity contribution is 0.760. The third-order valence-electron chi connectivity index (χ3n) is 2.86. The first-order valence-corrected chi connectivity index (χ1v) is 5.58. The molecule has 0 aliphatic rings. The molecule has 1 aromatic carbocycles. The largest absolute Gasteiger partial charge is 0.337 e. The van der Waals surface area contributed by atoms with Crippen LogP contribution in [0.3, 0.4) is 0 Å². The van der Waals surface area contributed by atoms with Gasteiger partial charge in [-0.3, -0.25) is 4.68 Å². The highest BCUT2D eigenvalue weighted by Crippen LogP contribution is 2.21. The van der Waals surface area contributed by atoms with Crippen molar-refractivity contribution < 1.29 is 0 Å². The smallest absolute Gasteiger partial charge is 0.156 e. The minimum atomic E-state index is 0.624. The number of imidazole rings is 1. The maximum absolute atomic E-state index is 8.87. The van der Waals surface area contributed by atoms with E-state index in [-0.39, 0.29) is 0 Å². The summed E-state index contributed by atoms with van der Waals surface area (Å²) in [4.78, 5) is 7.72. The van der Waals surface area contributed by atoms with Crippen LogP contribution in [0.1, 0.15) is 11.3 Å². The van der Waals surface area contributed by atoms with E-state index in [0.29, 0.717) is 5.56 Å². The van der Waals surface area contributed by atoms with Crippen LogP contribution in [0.15, 0.2) is 24.3 Å². The first-order valence-electron chi connectivity index (χ1n) is 5.58. The van der Waals surface area contributed by atoms with Crippen molar-refractivity contribution in [1.82, 2.24) is 19.7 Å². The Kier molecular flexibility index (Phi) is 2.17. The van der Waals surface area contributed by atoms with E-state index in [4.69, 9.17) is 5.26 Å². The molecule has 1 N–H and O–H groups in total. The number of nitrogens with zero attached hydrogens (tertiary/aromatic N) is 4. The molecule has 0 radical (unpaired) electrons. The Morgan fingerprint density at radius 3 is 2.83 bits per heavy atom. The molecule has 0 unspecified atom stereocenters. The topological polar surface area (TPSA) is 70.3 Å². The molecule has 18 heavy (non-hydrogen) atoms. The van der Waals surface area contributed by atoms with E-state index in [0.717, 1.165) is 28.2 Å². The number of benzene rings is 1. The Bertz CT molecular complexity index is 772. The lowest BCUT2D eigenvalue weighted by Crippen LogP contribution is -1.94. The van der Waals surface area contributed by atoms with E-state index in [1.165, 1.54) is 0 Å². The lowest BCUT2D eigenvalue weighted by atomic mass is 10.2. The van der Waals surface area contributed by atoms with Gasteiger partial charge in [0.15, 0.2) is 5.82 Å². The van der Waals surface area contributed by atoms with Gasteiger partial charge in [-0.15, -0.1) is 0 Å². The van der Waals surface area contributed by atoms with E-state index < -0.39 is 0 Å². The van der Waals surface area contributed by atoms with Gasteiger partial charge in [0.05, 0.1) is 28.4 Å². The van der Waals surface area contributed by atoms with Gasteiger partial charge >= 0.3 is 0 Å². The zero-order valence-corrected chi connectivity index (χ0v) is 10.1. The third kappa shape index (κ3) is 1.55. The van der Waals surface area contributed by atoms with Crippen LogP contribution in [0.4, 0.5) is 0 Å². The van der Waals surface area contributed by atoms with Crippen molar-refractivity contribution in [3.05, 3.63) is 35.5 Å². The van der Waals surface area contributed by atoms with E-state index >= 15 is 0 Å². The predicted octanol–water partition coefficient (Wildman–Crippen LogP) is 2.14. The Morgan fingerprint density at radius 1 is 1.33 bits per heavy atom. The van der Waals surface area contributed by atoms with E-state index in [9.17, 15) is 0 Å². The molecule has 88 valence electrons. The Morgan fingerprint density at radius 2 is 2.17 bits per heavy atom. The van der Waals surface area contributed by atoms with Crippen LogP contribution in [0.2, 0.25) is 0 Å². The number of nitrogens with one attached hydrogen (secondary N) is 1. The summed E-state index contributed by atoms with van der Waals surface area (Å²) in [5.74, 6) is 0.767. The average Bonchev–Trinajstić information content (AvgIpc) is 2.90. The van der Waals surface area contributed by atoms with E-state index in [2.05, 4.69) is 21.1 Å². The molecule has 3 rings (SSSR count). The average molecular weight is 237 g/mol. The lowest BCUT2D eigenvalue weighted by Gasteiger charge is -1.95. The van der Waals surface area contributed by atoms with Gasteiger partial charge in [-0.05, 0) is 31.2 Å². The molecule has 0 aliphatic carbocycles. The van der Waals surface area contributed by atoms with Crippen LogP contribution in [0, 0.1) is 18.3 Å². The quantitative estimate of drug-likeness (QED) is 0.704. The van der Waals surface area contributed by atoms with Gasteiger partial charge in [-0.25, -0.2) is 4.98 Å². The Hall–Kier alpha value is -2.61. The first-order chi connectivity index (χ1) is 8.67. The number of aryl methyl sites for hydroxylation is 2. The van der Waals surface area contributed by atoms with Crippen molar-refractivity contribution in [3.8, 4) is 17.6 Å². The number of fused-ring (bicyclic) bond motifs is 1. The van der Waals surface area contributed by atoms with E-state index in [1.54, 1.807) is 16.8 Å². The monoisotopic (exact) mass is 237 g/mol. The molecule has 0 bridgehead atoms. The Labute approximate surface area is 104 Å². The summed E-state index contributed by atoms with van der Waals surface area (Å²) in [5, 5.41) is 13.2. The zero-order valence-electron chi connectivity index (χ0n) is 10.1. The second-order valence-corrected chi connectivity index (χ2v) is 4.22. The highest BCUT2D eigenvalue weighted by molar-refractivity contribution is 5.80. The number of rotatable bonds is 1. The van der Waals surface area contributed by atoms with Crippen molar-refractivity contribution >= 4 is 11.0 Å². The molecule has 5 nitrogen and oxygen atoms in total. The van der Waals surface area contributed by atoms with Crippen LogP contribution in [-0.4, -0.2) is 19.7 Å². The first kappa shape index (κ1) is 10.5. The van der Waals surface area contributed by atoms with Crippen LogP contribution in [-0.2, 0) is 7.05 Å². The standard InChI is InChI=1S/C13H11N5/c1-8-5-12(18(2)17-8)13-15-10-4-3-9(7-14)6-11(10)16-13/h3-6H,1-2H3,(H,15,16). The van der Waals surface area contributed by atoms with Gasteiger partial charge in [0, 0.05) is 7.05 Å². The number of aromatic amines is 1. The molecule has 0 amide bonds. The van der Waals surface area contributed by atoms with Crippen molar-refractivity contribution in [2.75, 3.05) is 0 Å². The van der Waals surface area contributed by atoms with Gasteiger partial charge in [0.2, 0.25) is 0 Å². The number of nitriles is 1. The highest BCUT2D eigenvalue weighted by atomic mass is 15.3. The molecular weight excluding hydrogens is 226 g/mol. The summed E-state index contributed by atoms with van der Waals surface area (Å²) < 4.78 is 1.79. The molecule has 0 aliphatic heterocycles. The van der Waals surface area contributed by atoms with Crippen molar-refractivity contribution in [2.45, 2.75) is 6.92 Å². The number of H-pyrrole nitrogens is 1. The minimum Gasteiger partial charge on any atom is -0.337 e. The second kappa shape index (κ2) is 3.70. The molecule has 0 fully saturated rings. The van der Waals surface area contributed by atoms with Crippen LogP contribution in [0.25, 0.3) is 22.6 Å². The zero-order chi connectivity index (χ0) is 12.7. The van der Waals surface area contributed by atoms with Crippen molar-refractivity contribution in [3.63, 3.8) is 0 Å². The number of hydrogen-bond acceptors (Lipinski definition) is 3. The summed E-state index contributed by atoms with van der Waals surface area (Å²) in [5.41, 5.74) is 4.22.